The van der Waals surface area contributed by atoms with Gasteiger partial charge in [-0.2, -0.15) is 0 Å². The van der Waals surface area contributed by atoms with Gasteiger partial charge in [0, 0.05) is 6.54 Å². The van der Waals surface area contributed by atoms with Crippen LogP contribution in [0.3, 0.4) is 0 Å². The summed E-state index contributed by atoms with van der Waals surface area (Å²) in [5, 5.41) is 2.75. The first-order chi connectivity index (χ1) is 12.3. The minimum absolute atomic E-state index is 0.111. The topological polar surface area (TPSA) is 84.5 Å². The van der Waals surface area contributed by atoms with Crippen molar-refractivity contribution in [2.75, 3.05) is 17.9 Å². The van der Waals surface area contributed by atoms with Gasteiger partial charge in [0.2, 0.25) is 0 Å². The van der Waals surface area contributed by atoms with Crippen LogP contribution in [0.4, 0.5) is 5.69 Å². The molecule has 0 aliphatic rings. The molecule has 6 nitrogen and oxygen atoms in total. The summed E-state index contributed by atoms with van der Waals surface area (Å²) >= 11 is 0. The van der Waals surface area contributed by atoms with Crippen molar-refractivity contribution in [2.45, 2.75) is 25.7 Å². The lowest BCUT2D eigenvalue weighted by Crippen LogP contribution is -2.31. The van der Waals surface area contributed by atoms with Crippen molar-refractivity contribution in [2.24, 2.45) is 5.92 Å². The largest absolute Gasteiger partial charge is 0.484 e. The third-order valence-corrected chi connectivity index (χ3v) is 4.98. The standard InChI is InChI=1S/C19H24N2O4S/c1-14(2)12-20-19(22)13-25-16-8-10-17(11-9-16)26(23,24)21-18-7-5-4-6-15(18)3/h4-11,14,21H,12-13H2,1-3H3,(H,20,22). The quantitative estimate of drug-likeness (QED) is 0.742. The second-order valence-corrected chi connectivity index (χ2v) is 8.06. The van der Waals surface area contributed by atoms with E-state index >= 15 is 0 Å². The molecule has 0 bridgehead atoms. The lowest BCUT2D eigenvalue weighted by Gasteiger charge is -2.11. The fourth-order valence-electron chi connectivity index (χ4n) is 2.12. The Bertz CT molecular complexity index is 846. The van der Waals surface area contributed by atoms with Gasteiger partial charge in [-0.3, -0.25) is 9.52 Å². The summed E-state index contributed by atoms with van der Waals surface area (Å²) in [6.07, 6.45) is 0. The average Bonchev–Trinajstić information content (AvgIpc) is 2.60. The van der Waals surface area contributed by atoms with E-state index in [1.54, 1.807) is 12.1 Å². The first kappa shape index (κ1) is 19.8. The Kier molecular flexibility index (Phi) is 6.63. The third kappa shape index (κ3) is 5.77. The number of para-hydroxylation sites is 1. The van der Waals surface area contributed by atoms with E-state index in [1.165, 1.54) is 24.3 Å². The molecule has 0 spiro atoms. The predicted octanol–water partition coefficient (Wildman–Crippen LogP) is 2.95. The van der Waals surface area contributed by atoms with E-state index in [4.69, 9.17) is 4.74 Å². The highest BCUT2D eigenvalue weighted by molar-refractivity contribution is 7.92. The zero-order valence-corrected chi connectivity index (χ0v) is 16.0. The van der Waals surface area contributed by atoms with Crippen molar-refractivity contribution in [1.29, 1.82) is 0 Å². The van der Waals surface area contributed by atoms with Crippen molar-refractivity contribution >= 4 is 21.6 Å². The van der Waals surface area contributed by atoms with Gasteiger partial charge in [-0.25, -0.2) is 8.42 Å². The highest BCUT2D eigenvalue weighted by Crippen LogP contribution is 2.21. The normalized spacial score (nSPS) is 11.2. The van der Waals surface area contributed by atoms with E-state index in [-0.39, 0.29) is 17.4 Å². The molecule has 2 aromatic rings. The zero-order chi connectivity index (χ0) is 19.2. The summed E-state index contributed by atoms with van der Waals surface area (Å²) in [6, 6.07) is 13.1. The van der Waals surface area contributed by atoms with Gasteiger partial charge in [-0.05, 0) is 48.7 Å². The summed E-state index contributed by atoms with van der Waals surface area (Å²) in [4.78, 5) is 11.8. The second-order valence-electron chi connectivity index (χ2n) is 6.38. The second kappa shape index (κ2) is 8.71. The molecular weight excluding hydrogens is 352 g/mol. The molecule has 0 atom stereocenters. The number of ether oxygens (including phenoxy) is 1. The fraction of sp³-hybridized carbons (Fsp3) is 0.316. The molecule has 0 saturated carbocycles. The number of aryl methyl sites for hydroxylation is 1. The first-order valence-corrected chi connectivity index (χ1v) is 9.84. The molecule has 0 unspecified atom stereocenters. The number of rotatable bonds is 8. The van der Waals surface area contributed by atoms with Crippen LogP contribution in [0.5, 0.6) is 5.75 Å². The van der Waals surface area contributed by atoms with E-state index in [1.807, 2.05) is 32.9 Å². The maximum Gasteiger partial charge on any atom is 0.261 e. The van der Waals surface area contributed by atoms with Gasteiger partial charge in [0.15, 0.2) is 6.61 Å². The Balaban J connectivity index is 1.98. The van der Waals surface area contributed by atoms with Crippen molar-refractivity contribution in [3.63, 3.8) is 0 Å². The van der Waals surface area contributed by atoms with Crippen molar-refractivity contribution in [1.82, 2.24) is 5.32 Å². The van der Waals surface area contributed by atoms with Crippen LogP contribution < -0.4 is 14.8 Å². The molecule has 26 heavy (non-hydrogen) atoms. The van der Waals surface area contributed by atoms with Gasteiger partial charge in [-0.1, -0.05) is 32.0 Å². The number of amides is 1. The summed E-state index contributed by atoms with van der Waals surface area (Å²) < 4.78 is 32.9. The van der Waals surface area contributed by atoms with Gasteiger partial charge in [0.25, 0.3) is 15.9 Å². The van der Waals surface area contributed by atoms with Crippen LogP contribution in [0.15, 0.2) is 53.4 Å². The molecule has 0 fully saturated rings. The van der Waals surface area contributed by atoms with E-state index in [0.29, 0.717) is 23.9 Å². The molecule has 0 aliphatic carbocycles. The van der Waals surface area contributed by atoms with Crippen LogP contribution in [-0.2, 0) is 14.8 Å². The number of benzene rings is 2. The van der Waals surface area contributed by atoms with Crippen LogP contribution in [0.2, 0.25) is 0 Å². The zero-order valence-electron chi connectivity index (χ0n) is 15.2. The van der Waals surface area contributed by atoms with Crippen LogP contribution in [-0.4, -0.2) is 27.5 Å². The van der Waals surface area contributed by atoms with Gasteiger partial charge < -0.3 is 10.1 Å². The Morgan fingerprint density at radius 1 is 1.08 bits per heavy atom. The van der Waals surface area contributed by atoms with E-state index in [2.05, 4.69) is 10.0 Å². The third-order valence-electron chi connectivity index (χ3n) is 3.60. The highest BCUT2D eigenvalue weighted by atomic mass is 32.2. The lowest BCUT2D eigenvalue weighted by atomic mass is 10.2. The summed E-state index contributed by atoms with van der Waals surface area (Å²) in [6.45, 7) is 6.32. The monoisotopic (exact) mass is 376 g/mol. The van der Waals surface area contributed by atoms with Gasteiger partial charge in [0.1, 0.15) is 5.75 Å². The number of hydrogen-bond acceptors (Lipinski definition) is 4. The predicted molar refractivity (Wildman–Crippen MR) is 102 cm³/mol. The molecule has 0 radical (unpaired) electrons. The number of hydrogen-bond donors (Lipinski definition) is 2. The molecule has 2 N–H and O–H groups in total. The van der Waals surface area contributed by atoms with Crippen molar-refractivity contribution in [3.8, 4) is 5.75 Å². The SMILES string of the molecule is Cc1ccccc1NS(=O)(=O)c1ccc(OCC(=O)NCC(C)C)cc1. The molecule has 2 aromatic carbocycles. The number of nitrogens with one attached hydrogen (secondary N) is 2. The van der Waals surface area contributed by atoms with E-state index < -0.39 is 10.0 Å². The number of carbonyl (C=O) groups is 1. The number of anilines is 1. The average molecular weight is 376 g/mol. The van der Waals surface area contributed by atoms with Crippen LogP contribution in [0.25, 0.3) is 0 Å². The maximum atomic E-state index is 12.5. The molecular formula is C19H24N2O4S. The van der Waals surface area contributed by atoms with Gasteiger partial charge in [-0.15, -0.1) is 0 Å². The summed E-state index contributed by atoms with van der Waals surface area (Å²) in [5.41, 5.74) is 1.37. The Labute approximate surface area is 154 Å². The Morgan fingerprint density at radius 2 is 1.73 bits per heavy atom. The Morgan fingerprint density at radius 3 is 2.35 bits per heavy atom. The molecule has 1 amide bonds. The number of sulfonamides is 1. The summed E-state index contributed by atoms with van der Waals surface area (Å²) in [7, 11) is -3.69. The maximum absolute atomic E-state index is 12.5. The van der Waals surface area contributed by atoms with E-state index in [0.717, 1.165) is 5.56 Å². The van der Waals surface area contributed by atoms with Gasteiger partial charge in [0.05, 0.1) is 10.6 Å². The lowest BCUT2D eigenvalue weighted by molar-refractivity contribution is -0.123. The van der Waals surface area contributed by atoms with Gasteiger partial charge >= 0.3 is 0 Å². The van der Waals surface area contributed by atoms with Crippen LogP contribution in [0.1, 0.15) is 19.4 Å². The van der Waals surface area contributed by atoms with Crippen molar-refractivity contribution < 1.29 is 17.9 Å². The highest BCUT2D eigenvalue weighted by Gasteiger charge is 2.15. The first-order valence-electron chi connectivity index (χ1n) is 8.36. The number of carbonyl (C=O) groups excluding carboxylic acids is 1. The molecule has 0 heterocycles. The minimum Gasteiger partial charge on any atom is -0.484 e. The molecule has 140 valence electrons. The Hall–Kier alpha value is -2.54. The minimum atomic E-state index is -3.69. The van der Waals surface area contributed by atoms with Crippen molar-refractivity contribution in [3.05, 3.63) is 54.1 Å². The summed E-state index contributed by atoms with van der Waals surface area (Å²) in [5.74, 6) is 0.584. The molecule has 2 rings (SSSR count). The molecule has 0 saturated heterocycles. The fourth-order valence-corrected chi connectivity index (χ4v) is 3.25. The van der Waals surface area contributed by atoms with E-state index in [9.17, 15) is 13.2 Å². The smallest absolute Gasteiger partial charge is 0.261 e. The van der Waals surface area contributed by atoms with Crippen LogP contribution >= 0.6 is 0 Å². The molecule has 0 aliphatic heterocycles. The molecule has 0 aromatic heterocycles. The van der Waals surface area contributed by atoms with Crippen LogP contribution in [0, 0.1) is 12.8 Å². The molecule has 7 heteroatoms.